The van der Waals surface area contributed by atoms with E-state index in [1.807, 2.05) is 32.0 Å². The van der Waals surface area contributed by atoms with Gasteiger partial charge in [-0.05, 0) is 38.5 Å². The SMILES string of the molecule is C/C=C\CCC1=C(C)N=C(N2CCNCC2)c2cc(Cl)ccc2O1. The second-order valence-electron chi connectivity index (χ2n) is 6.03. The Morgan fingerprint density at radius 1 is 1.33 bits per heavy atom. The number of halogens is 1. The van der Waals surface area contributed by atoms with Crippen LogP contribution in [0, 0.1) is 0 Å². The summed E-state index contributed by atoms with van der Waals surface area (Å²) in [4.78, 5) is 7.24. The minimum absolute atomic E-state index is 0.704. The van der Waals surface area contributed by atoms with Gasteiger partial charge in [0, 0.05) is 37.6 Å². The first kappa shape index (κ1) is 17.1. The van der Waals surface area contributed by atoms with Crippen molar-refractivity contribution in [3.63, 3.8) is 0 Å². The number of benzene rings is 1. The third-order valence-electron chi connectivity index (χ3n) is 4.28. The average molecular weight is 346 g/mol. The lowest BCUT2D eigenvalue weighted by Crippen LogP contribution is -2.46. The van der Waals surface area contributed by atoms with E-state index in [2.05, 4.69) is 22.4 Å². The zero-order valence-corrected chi connectivity index (χ0v) is 15.1. The van der Waals surface area contributed by atoms with Crippen LogP contribution in [0.15, 0.2) is 46.8 Å². The average Bonchev–Trinajstić information content (AvgIpc) is 2.73. The Bertz CT molecular complexity index is 688. The molecule has 1 aromatic rings. The van der Waals surface area contributed by atoms with E-state index >= 15 is 0 Å². The van der Waals surface area contributed by atoms with Crippen LogP contribution in [0.5, 0.6) is 5.75 Å². The standard InChI is InChI=1S/C19H24ClN3O/c1-3-4-5-6-17-14(2)22-19(23-11-9-21-10-12-23)16-13-15(20)7-8-18(16)24-17/h3-4,7-8,13,21H,5-6,9-12H2,1-2H3/b4-3-. The van der Waals surface area contributed by atoms with E-state index < -0.39 is 0 Å². The van der Waals surface area contributed by atoms with Crippen molar-refractivity contribution >= 4 is 17.4 Å². The first-order chi connectivity index (χ1) is 11.7. The summed E-state index contributed by atoms with van der Waals surface area (Å²) >= 11 is 6.25. The van der Waals surface area contributed by atoms with Gasteiger partial charge in [-0.3, -0.25) is 0 Å². The van der Waals surface area contributed by atoms with Crippen LogP contribution >= 0.6 is 11.6 Å². The number of hydrogen-bond acceptors (Lipinski definition) is 4. The van der Waals surface area contributed by atoms with Gasteiger partial charge in [0.15, 0.2) is 0 Å². The molecule has 2 aliphatic rings. The number of hydrogen-bond donors (Lipinski definition) is 1. The quantitative estimate of drug-likeness (QED) is 0.842. The van der Waals surface area contributed by atoms with Crippen molar-refractivity contribution < 1.29 is 4.74 Å². The Balaban J connectivity index is 1.99. The Morgan fingerprint density at radius 3 is 2.88 bits per heavy atom. The number of piperazine rings is 1. The minimum Gasteiger partial charge on any atom is -0.459 e. The van der Waals surface area contributed by atoms with E-state index in [-0.39, 0.29) is 0 Å². The van der Waals surface area contributed by atoms with Crippen LogP contribution in [0.25, 0.3) is 0 Å². The number of ether oxygens (including phenoxy) is 1. The number of aliphatic imine (C=N–C) groups is 1. The molecule has 0 spiro atoms. The normalized spacial score (nSPS) is 18.3. The van der Waals surface area contributed by atoms with Crippen molar-refractivity contribution in [2.45, 2.75) is 26.7 Å². The van der Waals surface area contributed by atoms with E-state index in [1.165, 1.54) is 0 Å². The summed E-state index contributed by atoms with van der Waals surface area (Å²) in [5.41, 5.74) is 1.92. The molecule has 1 saturated heterocycles. The molecule has 3 rings (SSSR count). The van der Waals surface area contributed by atoms with Crippen LogP contribution in [0.1, 0.15) is 32.3 Å². The van der Waals surface area contributed by atoms with Crippen LogP contribution in [0.2, 0.25) is 5.02 Å². The number of nitrogens with one attached hydrogen (secondary N) is 1. The highest BCUT2D eigenvalue weighted by molar-refractivity contribution is 6.31. The van der Waals surface area contributed by atoms with E-state index in [4.69, 9.17) is 21.3 Å². The summed E-state index contributed by atoms with van der Waals surface area (Å²) < 4.78 is 6.22. The lowest BCUT2D eigenvalue weighted by atomic mass is 10.1. The smallest absolute Gasteiger partial charge is 0.140 e. The molecule has 0 radical (unpaired) electrons. The molecule has 128 valence electrons. The van der Waals surface area contributed by atoms with Crippen LogP contribution in [0.3, 0.4) is 0 Å². The molecule has 1 fully saturated rings. The molecule has 0 aliphatic carbocycles. The summed E-state index contributed by atoms with van der Waals surface area (Å²) in [5, 5.41) is 4.09. The molecule has 2 aliphatic heterocycles. The molecule has 0 saturated carbocycles. The predicted octanol–water partition coefficient (Wildman–Crippen LogP) is 3.97. The van der Waals surface area contributed by atoms with E-state index in [1.54, 1.807) is 0 Å². The molecular weight excluding hydrogens is 322 g/mol. The molecule has 2 heterocycles. The third kappa shape index (κ3) is 3.82. The highest BCUT2D eigenvalue weighted by atomic mass is 35.5. The van der Waals surface area contributed by atoms with E-state index in [0.29, 0.717) is 5.02 Å². The van der Waals surface area contributed by atoms with Gasteiger partial charge in [-0.1, -0.05) is 23.8 Å². The van der Waals surface area contributed by atoms with Crippen LogP contribution in [0.4, 0.5) is 0 Å². The van der Waals surface area contributed by atoms with Crippen LogP contribution in [-0.4, -0.2) is 36.9 Å². The highest BCUT2D eigenvalue weighted by Crippen LogP contribution is 2.31. The Labute approximate surface area is 148 Å². The summed E-state index contributed by atoms with van der Waals surface area (Å²) in [5.74, 6) is 2.73. The fourth-order valence-electron chi connectivity index (χ4n) is 2.98. The minimum atomic E-state index is 0.704. The molecule has 1 N–H and O–H groups in total. The molecule has 1 aromatic carbocycles. The summed E-state index contributed by atoms with van der Waals surface area (Å²) in [7, 11) is 0. The number of allylic oxidation sites excluding steroid dienone is 4. The summed E-state index contributed by atoms with van der Waals surface area (Å²) in [6, 6.07) is 5.78. The van der Waals surface area contributed by atoms with E-state index in [0.717, 1.165) is 67.6 Å². The molecule has 4 nitrogen and oxygen atoms in total. The number of rotatable bonds is 3. The van der Waals surface area contributed by atoms with Crippen molar-refractivity contribution in [3.8, 4) is 5.75 Å². The third-order valence-corrected chi connectivity index (χ3v) is 4.52. The second kappa shape index (κ2) is 7.86. The molecule has 24 heavy (non-hydrogen) atoms. The molecule has 0 bridgehead atoms. The summed E-state index contributed by atoms with van der Waals surface area (Å²) in [6.45, 7) is 7.87. The molecule has 0 unspecified atom stereocenters. The first-order valence-electron chi connectivity index (χ1n) is 8.52. The van der Waals surface area contributed by atoms with Crippen molar-refractivity contribution in [1.29, 1.82) is 0 Å². The molecule has 0 amide bonds. The highest BCUT2D eigenvalue weighted by Gasteiger charge is 2.24. The maximum Gasteiger partial charge on any atom is 0.140 e. The lowest BCUT2D eigenvalue weighted by molar-refractivity contribution is 0.357. The Kier molecular flexibility index (Phi) is 5.59. The lowest BCUT2D eigenvalue weighted by Gasteiger charge is -2.30. The zero-order chi connectivity index (χ0) is 16.9. The van der Waals surface area contributed by atoms with Crippen molar-refractivity contribution in [2.75, 3.05) is 26.2 Å². The Morgan fingerprint density at radius 2 is 2.12 bits per heavy atom. The second-order valence-corrected chi connectivity index (χ2v) is 6.47. The van der Waals surface area contributed by atoms with Gasteiger partial charge in [0.2, 0.25) is 0 Å². The number of nitrogens with zero attached hydrogens (tertiary/aromatic N) is 2. The van der Waals surface area contributed by atoms with Crippen molar-refractivity contribution in [3.05, 3.63) is 52.4 Å². The monoisotopic (exact) mass is 345 g/mol. The molecule has 0 atom stereocenters. The topological polar surface area (TPSA) is 36.9 Å². The molecule has 5 heteroatoms. The molecule has 0 aromatic heterocycles. The van der Waals surface area contributed by atoms with Gasteiger partial charge in [0.25, 0.3) is 0 Å². The molecular formula is C19H24ClN3O. The van der Waals surface area contributed by atoms with Gasteiger partial charge >= 0.3 is 0 Å². The maximum atomic E-state index is 6.25. The number of amidine groups is 1. The van der Waals surface area contributed by atoms with Gasteiger partial charge in [-0.25, -0.2) is 4.99 Å². The van der Waals surface area contributed by atoms with Crippen molar-refractivity contribution in [1.82, 2.24) is 10.2 Å². The van der Waals surface area contributed by atoms with E-state index in [9.17, 15) is 0 Å². The first-order valence-corrected chi connectivity index (χ1v) is 8.90. The fraction of sp³-hybridized carbons (Fsp3) is 0.421. The summed E-state index contributed by atoms with van der Waals surface area (Å²) in [6.07, 6.45) is 6.01. The Hall–Kier alpha value is -1.78. The zero-order valence-electron chi connectivity index (χ0n) is 14.3. The van der Waals surface area contributed by atoms with Gasteiger partial charge in [0.05, 0.1) is 11.3 Å². The van der Waals surface area contributed by atoms with Gasteiger partial charge in [0.1, 0.15) is 17.3 Å². The van der Waals surface area contributed by atoms with Crippen LogP contribution < -0.4 is 10.1 Å². The largest absolute Gasteiger partial charge is 0.459 e. The van der Waals surface area contributed by atoms with Gasteiger partial charge in [-0.15, -0.1) is 0 Å². The van der Waals surface area contributed by atoms with Crippen LogP contribution in [-0.2, 0) is 0 Å². The fourth-order valence-corrected chi connectivity index (χ4v) is 3.16. The van der Waals surface area contributed by atoms with Crippen molar-refractivity contribution in [2.24, 2.45) is 4.99 Å². The van der Waals surface area contributed by atoms with Gasteiger partial charge < -0.3 is 15.0 Å². The van der Waals surface area contributed by atoms with Gasteiger partial charge in [-0.2, -0.15) is 0 Å². The number of fused-ring (bicyclic) bond motifs is 1. The maximum absolute atomic E-state index is 6.25. The predicted molar refractivity (Wildman–Crippen MR) is 99.8 cm³/mol.